The van der Waals surface area contributed by atoms with E-state index < -0.39 is 5.60 Å². The minimum atomic E-state index is -0.877. The summed E-state index contributed by atoms with van der Waals surface area (Å²) < 4.78 is 12.9. The van der Waals surface area contributed by atoms with Gasteiger partial charge in [-0.15, -0.1) is 0 Å². The van der Waals surface area contributed by atoms with Crippen molar-refractivity contribution in [3.8, 4) is 0 Å². The summed E-state index contributed by atoms with van der Waals surface area (Å²) in [5, 5.41) is 20.4. The Labute approximate surface area is 159 Å². The molecule has 1 saturated heterocycles. The van der Waals surface area contributed by atoms with Crippen LogP contribution in [0.1, 0.15) is 73.1 Å². The molecule has 0 aliphatic carbocycles. The van der Waals surface area contributed by atoms with Crippen molar-refractivity contribution in [3.05, 3.63) is 23.8 Å². The molecule has 0 saturated carbocycles. The highest BCUT2D eigenvalue weighted by Crippen LogP contribution is 2.44. The molecule has 0 amide bonds. The van der Waals surface area contributed by atoms with Gasteiger partial charge in [0.15, 0.2) is 0 Å². The molecule has 0 radical (unpaired) electrons. The third-order valence-electron chi connectivity index (χ3n) is 6.24. The van der Waals surface area contributed by atoms with Gasteiger partial charge in [-0.2, -0.15) is 0 Å². The van der Waals surface area contributed by atoms with Crippen LogP contribution in [0.25, 0.3) is 0 Å². The van der Waals surface area contributed by atoms with E-state index >= 15 is 0 Å². The SMILES string of the molecule is CCO[C@@]1(C)CC[C@@]2(C(C)C)/C=C/[C@@](C)(O)CC/C=C(\CO)CC[C@@H]1O2. The number of allylic oxidation sites excluding steroid dienone is 1. The largest absolute Gasteiger partial charge is 0.392 e. The molecule has 0 spiro atoms. The molecule has 2 aliphatic heterocycles. The van der Waals surface area contributed by atoms with E-state index in [1.165, 1.54) is 0 Å². The Balaban J connectivity index is 2.40. The molecule has 4 nitrogen and oxygen atoms in total. The zero-order valence-electron chi connectivity index (χ0n) is 17.3. The average Bonchev–Trinajstić information content (AvgIpc) is 2.57. The van der Waals surface area contributed by atoms with E-state index in [4.69, 9.17) is 9.47 Å². The van der Waals surface area contributed by atoms with Gasteiger partial charge >= 0.3 is 0 Å². The second kappa shape index (κ2) is 8.55. The summed E-state index contributed by atoms with van der Waals surface area (Å²) in [6.07, 6.45) is 10.9. The maximum atomic E-state index is 10.7. The standard InChI is InChI=1S/C22H38O4/c1-6-25-21(5)13-15-22(17(2)3)14-12-20(4,24)11-7-8-18(16-23)9-10-19(21)26-22/h8,12,14,17,19,23-24H,6-7,9-11,13,15-16H2,1-5H3/b14-12+,18-8-/t19-,20-,21-,22+/m0/s1. The van der Waals surface area contributed by atoms with Crippen LogP contribution in [0.15, 0.2) is 23.8 Å². The summed E-state index contributed by atoms with van der Waals surface area (Å²) in [6.45, 7) is 11.1. The summed E-state index contributed by atoms with van der Waals surface area (Å²) in [4.78, 5) is 0. The molecule has 0 aromatic heterocycles. The highest BCUT2D eigenvalue weighted by molar-refractivity contribution is 5.15. The van der Waals surface area contributed by atoms with E-state index in [0.717, 1.165) is 37.7 Å². The van der Waals surface area contributed by atoms with Crippen LogP contribution in [0.3, 0.4) is 0 Å². The van der Waals surface area contributed by atoms with Gasteiger partial charge in [-0.05, 0) is 70.8 Å². The maximum Gasteiger partial charge on any atom is 0.0916 e. The Kier molecular flexibility index (Phi) is 7.11. The van der Waals surface area contributed by atoms with Crippen LogP contribution in [0.5, 0.6) is 0 Å². The summed E-state index contributed by atoms with van der Waals surface area (Å²) >= 11 is 0. The van der Waals surface area contributed by atoms with Crippen molar-refractivity contribution in [2.75, 3.05) is 13.2 Å². The molecule has 2 bridgehead atoms. The molecule has 2 rings (SSSR count). The number of aliphatic hydroxyl groups is 2. The molecule has 1 fully saturated rings. The van der Waals surface area contributed by atoms with Crippen molar-refractivity contribution < 1.29 is 19.7 Å². The highest BCUT2D eigenvalue weighted by atomic mass is 16.6. The first-order valence-corrected chi connectivity index (χ1v) is 10.2. The average molecular weight is 367 g/mol. The van der Waals surface area contributed by atoms with Gasteiger partial charge in [0, 0.05) is 6.61 Å². The van der Waals surface area contributed by atoms with Gasteiger partial charge in [0.25, 0.3) is 0 Å². The summed E-state index contributed by atoms with van der Waals surface area (Å²) in [5.41, 5.74) is -0.548. The lowest BCUT2D eigenvalue weighted by Crippen LogP contribution is -2.56. The molecular weight excluding hydrogens is 328 g/mol. The molecule has 4 heteroatoms. The van der Waals surface area contributed by atoms with Crippen molar-refractivity contribution in [3.63, 3.8) is 0 Å². The van der Waals surface area contributed by atoms with Gasteiger partial charge in [-0.3, -0.25) is 0 Å². The number of hydrogen-bond acceptors (Lipinski definition) is 4. The zero-order valence-corrected chi connectivity index (χ0v) is 17.3. The van der Waals surface area contributed by atoms with Crippen LogP contribution in [-0.4, -0.2) is 46.3 Å². The Morgan fingerprint density at radius 1 is 1.23 bits per heavy atom. The maximum absolute atomic E-state index is 10.7. The fraction of sp³-hybridized carbons (Fsp3) is 0.818. The first-order valence-electron chi connectivity index (χ1n) is 10.2. The van der Waals surface area contributed by atoms with Gasteiger partial charge < -0.3 is 19.7 Å². The van der Waals surface area contributed by atoms with E-state index in [-0.39, 0.29) is 23.9 Å². The van der Waals surface area contributed by atoms with E-state index in [9.17, 15) is 10.2 Å². The summed E-state index contributed by atoms with van der Waals surface area (Å²) in [7, 11) is 0. The summed E-state index contributed by atoms with van der Waals surface area (Å²) in [5.74, 6) is 0.305. The summed E-state index contributed by atoms with van der Waals surface area (Å²) in [6, 6.07) is 0. The molecule has 26 heavy (non-hydrogen) atoms. The smallest absolute Gasteiger partial charge is 0.0916 e. The molecule has 0 aromatic rings. The third-order valence-corrected chi connectivity index (χ3v) is 6.24. The molecule has 4 atom stereocenters. The Morgan fingerprint density at radius 2 is 1.96 bits per heavy atom. The molecule has 0 unspecified atom stereocenters. The monoisotopic (exact) mass is 366 g/mol. The second-order valence-electron chi connectivity index (χ2n) is 8.75. The lowest BCUT2D eigenvalue weighted by molar-refractivity contribution is -0.227. The van der Waals surface area contributed by atoms with Gasteiger partial charge in [0.2, 0.25) is 0 Å². The van der Waals surface area contributed by atoms with Crippen LogP contribution in [-0.2, 0) is 9.47 Å². The first-order chi connectivity index (χ1) is 12.2. The third kappa shape index (κ3) is 4.98. The Bertz CT molecular complexity index is 522. The van der Waals surface area contributed by atoms with Crippen molar-refractivity contribution >= 4 is 0 Å². The normalized spacial score (nSPS) is 42.5. The van der Waals surface area contributed by atoms with Gasteiger partial charge in [0.05, 0.1) is 29.5 Å². The minimum Gasteiger partial charge on any atom is -0.392 e. The predicted octanol–water partition coefficient (Wildman–Crippen LogP) is 4.16. The zero-order chi connectivity index (χ0) is 19.4. The van der Waals surface area contributed by atoms with Crippen molar-refractivity contribution in [1.82, 2.24) is 0 Å². The quantitative estimate of drug-likeness (QED) is 0.734. The lowest BCUT2D eigenvalue weighted by atomic mass is 9.75. The Hall–Kier alpha value is -0.680. The molecular formula is C22H38O4. The lowest BCUT2D eigenvalue weighted by Gasteiger charge is -2.51. The van der Waals surface area contributed by atoms with Gasteiger partial charge in [0.1, 0.15) is 0 Å². The number of hydrogen-bond donors (Lipinski definition) is 2. The van der Waals surface area contributed by atoms with Gasteiger partial charge in [-0.1, -0.05) is 32.1 Å². The van der Waals surface area contributed by atoms with E-state index in [1.54, 1.807) is 0 Å². The van der Waals surface area contributed by atoms with Crippen LogP contribution in [0.2, 0.25) is 0 Å². The van der Waals surface area contributed by atoms with Crippen molar-refractivity contribution in [2.45, 2.75) is 96.1 Å². The number of rotatable bonds is 4. The second-order valence-corrected chi connectivity index (χ2v) is 8.75. The topological polar surface area (TPSA) is 58.9 Å². The van der Waals surface area contributed by atoms with E-state index in [2.05, 4.69) is 32.9 Å². The van der Waals surface area contributed by atoms with Crippen LogP contribution in [0, 0.1) is 5.92 Å². The highest BCUT2D eigenvalue weighted by Gasteiger charge is 2.48. The molecule has 2 aliphatic rings. The minimum absolute atomic E-state index is 0.0393. The van der Waals surface area contributed by atoms with E-state index in [0.29, 0.717) is 18.9 Å². The molecule has 2 heterocycles. The fourth-order valence-electron chi connectivity index (χ4n) is 4.19. The molecule has 150 valence electrons. The first kappa shape index (κ1) is 21.6. The van der Waals surface area contributed by atoms with Crippen LogP contribution < -0.4 is 0 Å². The van der Waals surface area contributed by atoms with Crippen LogP contribution in [0.4, 0.5) is 0 Å². The Morgan fingerprint density at radius 3 is 2.58 bits per heavy atom. The molecule has 0 aromatic carbocycles. The number of fused-ring (bicyclic) bond motifs is 2. The number of aliphatic hydroxyl groups excluding tert-OH is 1. The van der Waals surface area contributed by atoms with Crippen molar-refractivity contribution in [2.24, 2.45) is 5.92 Å². The predicted molar refractivity (Wildman–Crippen MR) is 105 cm³/mol. The molecule has 2 N–H and O–H groups in total. The number of ether oxygens (including phenoxy) is 2. The van der Waals surface area contributed by atoms with Crippen LogP contribution >= 0.6 is 0 Å². The van der Waals surface area contributed by atoms with Gasteiger partial charge in [-0.25, -0.2) is 0 Å². The fourth-order valence-corrected chi connectivity index (χ4v) is 4.19. The van der Waals surface area contributed by atoms with Crippen molar-refractivity contribution in [1.29, 1.82) is 0 Å². The van der Waals surface area contributed by atoms with E-state index in [1.807, 2.05) is 19.9 Å².